The lowest BCUT2D eigenvalue weighted by atomic mass is 9.90. The molecule has 0 aliphatic rings. The Labute approximate surface area is 754 Å². The molecule has 0 radical (unpaired) electrons. The number of aromatic nitrogens is 12. The Morgan fingerprint density at radius 2 is 0.595 bits per heavy atom. The third-order valence-electron chi connectivity index (χ3n) is 24.3. The van der Waals surface area contributed by atoms with Gasteiger partial charge in [0, 0.05) is 95.9 Å². The smallest absolute Gasteiger partial charge is 0.164 e. The number of hydrogen-bond acceptors (Lipinski definition) is 11. The summed E-state index contributed by atoms with van der Waals surface area (Å²) in [5.41, 5.74) is 24.7. The molecule has 612 valence electrons. The number of para-hydroxylation sites is 3. The number of nitrogens with zero attached hydrogens (tertiary/aromatic N) is 12. The molecule has 0 bridgehead atoms. The van der Waals surface area contributed by atoms with Crippen molar-refractivity contribution in [2.45, 2.75) is 0 Å². The zero-order valence-corrected chi connectivity index (χ0v) is 70.7. The maximum Gasteiger partial charge on any atom is 0.164 e. The second kappa shape index (κ2) is 34.2. The molecule has 12 nitrogen and oxygen atoms in total. The van der Waals surface area contributed by atoms with Crippen LogP contribution in [0.5, 0.6) is 0 Å². The van der Waals surface area contributed by atoms with Crippen LogP contribution in [0.25, 0.3) is 239 Å². The molecule has 0 saturated heterocycles. The van der Waals surface area contributed by atoms with E-state index in [9.17, 15) is 0 Å². The Hall–Kier alpha value is -17.9. The topological polar surface area (TPSA) is 146 Å². The van der Waals surface area contributed by atoms with Crippen molar-refractivity contribution in [1.82, 2.24) is 59.2 Å². The fourth-order valence-corrected chi connectivity index (χ4v) is 17.8. The number of hydrogen-bond donors (Lipinski definition) is 0. The lowest BCUT2D eigenvalue weighted by Gasteiger charge is -2.15. The van der Waals surface area contributed by atoms with E-state index in [1.807, 2.05) is 128 Å². The highest BCUT2D eigenvalue weighted by Crippen LogP contribution is 2.42. The maximum absolute atomic E-state index is 5.04. The van der Waals surface area contributed by atoms with Gasteiger partial charge in [-0.05, 0) is 161 Å². The third-order valence-corrected chi connectivity index (χ3v) is 24.3. The molecule has 12 heteroatoms. The molecule has 0 spiro atoms. The molecule has 25 aromatic rings. The third kappa shape index (κ3) is 15.5. The fraction of sp³-hybridized carbons (Fsp3) is 0. The van der Waals surface area contributed by atoms with Crippen LogP contribution >= 0.6 is 0 Å². The number of fused-ring (bicyclic) bond motifs is 14. The maximum atomic E-state index is 5.04. The van der Waals surface area contributed by atoms with Crippen LogP contribution in [0.15, 0.2) is 461 Å². The predicted molar refractivity (Wildman–Crippen MR) is 537 cm³/mol. The molecule has 7 aromatic heterocycles. The average Bonchev–Trinajstić information content (AvgIpc) is 1.62. The first-order chi connectivity index (χ1) is 64.9. The standard InChI is InChI=1S/C41H26N4.C40H26N4.C38H24N4/c1-3-11-28(12-4-1)36-26-37(43-40(42-36)30-13-5-2-6-14-30)29-21-19-27(20-22-29)31-23-24-38-34(25-31)32-15-7-8-16-33(32)41-44-35-17-9-10-18-39(35)45(38)41;1-3-12-27(13-4-1)38-42-39(28-14-5-2-6-15-28)44-40(43-38)33-23-31(30-17-11-21-41-26-30)22-32(24-33)37-25-29-16-7-8-18-34(29)35-19-9-10-20-36(35)37;1-3-9-30-23-32(20-14-25(30)7-1)37-40-36(41-38(42-37)33-21-15-26-8-2-4-10-31(26)24-33)29-18-16-27(17-19-29)34-13-5-11-28-12-6-22-39-35(28)34/h1-26H;1-26H;1-24H. The summed E-state index contributed by atoms with van der Waals surface area (Å²) in [5.74, 6) is 4.55. The van der Waals surface area contributed by atoms with Crippen LogP contribution in [0.3, 0.4) is 0 Å². The number of rotatable bonds is 13. The molecule has 0 aliphatic carbocycles. The molecular weight excluding hydrogens is 1600 g/mol. The van der Waals surface area contributed by atoms with E-state index in [-0.39, 0.29) is 0 Å². The van der Waals surface area contributed by atoms with Crippen LogP contribution in [0.1, 0.15) is 0 Å². The first-order valence-corrected chi connectivity index (χ1v) is 43.7. The monoisotopic (exact) mass is 1670 g/mol. The Morgan fingerprint density at radius 3 is 1.21 bits per heavy atom. The van der Waals surface area contributed by atoms with Gasteiger partial charge in [-0.2, -0.15) is 0 Å². The highest BCUT2D eigenvalue weighted by atomic mass is 15.0. The van der Waals surface area contributed by atoms with Gasteiger partial charge in [0.05, 0.1) is 33.5 Å². The Bertz CT molecular complexity index is 8420. The minimum Gasteiger partial charge on any atom is -0.292 e. The van der Waals surface area contributed by atoms with Crippen molar-refractivity contribution in [3.63, 3.8) is 0 Å². The van der Waals surface area contributed by atoms with E-state index in [0.29, 0.717) is 34.9 Å². The van der Waals surface area contributed by atoms with Crippen LogP contribution in [-0.2, 0) is 0 Å². The van der Waals surface area contributed by atoms with Crippen molar-refractivity contribution in [2.24, 2.45) is 0 Å². The van der Waals surface area contributed by atoms with Gasteiger partial charge in [-0.15, -0.1) is 0 Å². The minimum atomic E-state index is 0.620. The van der Waals surface area contributed by atoms with Crippen molar-refractivity contribution in [2.75, 3.05) is 0 Å². The lowest BCUT2D eigenvalue weighted by molar-refractivity contribution is 1.07. The van der Waals surface area contributed by atoms with E-state index in [1.165, 1.54) is 48.7 Å². The largest absolute Gasteiger partial charge is 0.292 e. The quantitative estimate of drug-likeness (QED) is 0.102. The molecule has 0 saturated carbocycles. The molecule has 0 amide bonds. The summed E-state index contributed by atoms with van der Waals surface area (Å²) >= 11 is 0. The van der Waals surface area contributed by atoms with E-state index in [0.717, 1.165) is 155 Å². The molecule has 7 heterocycles. The molecule has 0 atom stereocenters. The fourth-order valence-electron chi connectivity index (χ4n) is 17.8. The highest BCUT2D eigenvalue weighted by molar-refractivity contribution is 6.16. The van der Waals surface area contributed by atoms with Crippen molar-refractivity contribution in [3.05, 3.63) is 461 Å². The highest BCUT2D eigenvalue weighted by Gasteiger charge is 2.22. The van der Waals surface area contributed by atoms with Gasteiger partial charge in [-0.1, -0.05) is 364 Å². The van der Waals surface area contributed by atoms with Crippen LogP contribution in [0, 0.1) is 0 Å². The van der Waals surface area contributed by atoms with E-state index in [4.69, 9.17) is 44.9 Å². The second-order valence-corrected chi connectivity index (χ2v) is 32.5. The van der Waals surface area contributed by atoms with Crippen molar-refractivity contribution >= 4 is 92.3 Å². The molecular formula is C119H76N12. The summed E-state index contributed by atoms with van der Waals surface area (Å²) in [5, 5.41) is 14.2. The molecule has 131 heavy (non-hydrogen) atoms. The molecule has 0 fully saturated rings. The van der Waals surface area contributed by atoms with Crippen molar-refractivity contribution < 1.29 is 0 Å². The summed E-state index contributed by atoms with van der Waals surface area (Å²) in [6.45, 7) is 0. The van der Waals surface area contributed by atoms with Gasteiger partial charge < -0.3 is 0 Å². The van der Waals surface area contributed by atoms with Gasteiger partial charge >= 0.3 is 0 Å². The van der Waals surface area contributed by atoms with Gasteiger partial charge in [-0.25, -0.2) is 44.9 Å². The first kappa shape index (κ1) is 77.9. The van der Waals surface area contributed by atoms with E-state index < -0.39 is 0 Å². The van der Waals surface area contributed by atoms with Gasteiger partial charge in [0.2, 0.25) is 0 Å². The van der Waals surface area contributed by atoms with Crippen LogP contribution in [-0.4, -0.2) is 59.2 Å². The SMILES string of the molecule is c1ccc(-c2cc(-c3ccc(-c4ccc5c(c4)c4ccccc4c4nc6ccccc6n54)cc3)nc(-c3ccccc3)n2)cc1.c1ccc(-c2nc(-c3ccccc3)nc(-c3cc(-c4cccnc4)cc(-c4cc5ccccc5c5ccccc45)c3)n2)cc1.c1ccc2cc(-c3nc(-c4ccc(-c5cccc6cccnc56)cc4)nc(-c4ccc5ccccc5c4)n3)ccc2c1. The summed E-state index contributed by atoms with van der Waals surface area (Å²) < 4.78 is 2.30. The molecule has 25 rings (SSSR count). The van der Waals surface area contributed by atoms with Gasteiger partial charge in [0.1, 0.15) is 5.65 Å². The summed E-state index contributed by atoms with van der Waals surface area (Å²) in [6, 6.07) is 153. The van der Waals surface area contributed by atoms with E-state index in [2.05, 4.69) is 342 Å². The van der Waals surface area contributed by atoms with Gasteiger partial charge in [0.15, 0.2) is 40.8 Å². The minimum absolute atomic E-state index is 0.620. The second-order valence-electron chi connectivity index (χ2n) is 32.5. The van der Waals surface area contributed by atoms with Gasteiger partial charge in [0.25, 0.3) is 0 Å². The predicted octanol–water partition coefficient (Wildman–Crippen LogP) is 29.6. The van der Waals surface area contributed by atoms with E-state index >= 15 is 0 Å². The molecule has 0 aliphatic heterocycles. The van der Waals surface area contributed by atoms with Crippen LogP contribution in [0.4, 0.5) is 0 Å². The average molecular weight is 1670 g/mol. The molecule has 18 aromatic carbocycles. The summed E-state index contributed by atoms with van der Waals surface area (Å²) in [7, 11) is 0. The Balaban J connectivity index is 0.000000112. The Morgan fingerprint density at radius 1 is 0.176 bits per heavy atom. The normalized spacial score (nSPS) is 11.4. The van der Waals surface area contributed by atoms with Crippen LogP contribution < -0.4 is 0 Å². The number of pyridine rings is 3. The Kier molecular flexibility index (Phi) is 20.4. The zero-order chi connectivity index (χ0) is 86.9. The molecule has 0 N–H and O–H groups in total. The summed E-state index contributed by atoms with van der Waals surface area (Å²) in [6.07, 6.45) is 5.54. The number of imidazole rings is 1. The van der Waals surface area contributed by atoms with Crippen molar-refractivity contribution in [3.8, 4) is 147 Å². The van der Waals surface area contributed by atoms with Gasteiger partial charge in [-0.3, -0.25) is 14.4 Å². The van der Waals surface area contributed by atoms with Crippen molar-refractivity contribution in [1.29, 1.82) is 0 Å². The van der Waals surface area contributed by atoms with E-state index in [1.54, 1.807) is 6.20 Å². The number of benzene rings is 18. The zero-order valence-electron chi connectivity index (χ0n) is 70.7. The van der Waals surface area contributed by atoms with Crippen LogP contribution in [0.2, 0.25) is 0 Å². The summed E-state index contributed by atoms with van der Waals surface area (Å²) in [4.78, 5) is 54.0. The lowest BCUT2D eigenvalue weighted by Crippen LogP contribution is -2.00. The molecule has 0 unspecified atom stereocenters. The first-order valence-electron chi connectivity index (χ1n) is 43.7.